The number of hydrogen-bond acceptors (Lipinski definition) is 6. The quantitative estimate of drug-likeness (QED) is 0.583. The molecule has 1 amide bonds. The van der Waals surface area contributed by atoms with E-state index in [-0.39, 0.29) is 5.91 Å². The van der Waals surface area contributed by atoms with E-state index in [1.54, 1.807) is 4.90 Å². The van der Waals surface area contributed by atoms with E-state index < -0.39 is 11.8 Å². The summed E-state index contributed by atoms with van der Waals surface area (Å²) < 4.78 is 7.34. The van der Waals surface area contributed by atoms with Crippen LogP contribution in [0.15, 0.2) is 48.7 Å². The van der Waals surface area contributed by atoms with Gasteiger partial charge in [-0.3, -0.25) is 14.4 Å². The van der Waals surface area contributed by atoms with Crippen LogP contribution in [0.4, 0.5) is 0 Å². The molecule has 3 aromatic rings. The average Bonchev–Trinajstić information content (AvgIpc) is 3.48. The first-order chi connectivity index (χ1) is 16.5. The Kier molecular flexibility index (Phi) is 5.41. The lowest BCUT2D eigenvalue weighted by Crippen LogP contribution is -2.52. The fourth-order valence-electron chi connectivity index (χ4n) is 4.90. The van der Waals surface area contributed by atoms with Gasteiger partial charge in [-0.1, -0.05) is 30.3 Å². The maximum absolute atomic E-state index is 12.3. The Morgan fingerprint density at radius 2 is 1.76 bits per heavy atom. The van der Waals surface area contributed by atoms with E-state index in [4.69, 9.17) is 4.74 Å². The molecule has 2 N–H and O–H groups in total. The SMILES string of the molecule is O=C(N1CCN(C(O)c2ccc(-c3ccc4c(cnn4CC4COC4)c3)cc2)CC1)C1(O)CC1. The summed E-state index contributed by atoms with van der Waals surface area (Å²) in [5.41, 5.74) is 3.05. The van der Waals surface area contributed by atoms with Crippen LogP contribution in [-0.2, 0) is 16.1 Å². The van der Waals surface area contributed by atoms with Crippen molar-refractivity contribution < 1.29 is 19.7 Å². The molecule has 34 heavy (non-hydrogen) atoms. The van der Waals surface area contributed by atoms with Crippen molar-refractivity contribution in [3.63, 3.8) is 0 Å². The molecule has 1 aromatic heterocycles. The molecule has 8 heteroatoms. The summed E-state index contributed by atoms with van der Waals surface area (Å²) in [5, 5.41) is 26.6. The summed E-state index contributed by atoms with van der Waals surface area (Å²) >= 11 is 0. The molecule has 1 atom stereocenters. The molecule has 6 rings (SSSR count). The van der Waals surface area contributed by atoms with Crippen LogP contribution in [0.25, 0.3) is 22.0 Å². The van der Waals surface area contributed by atoms with Gasteiger partial charge in [-0.15, -0.1) is 0 Å². The lowest BCUT2D eigenvalue weighted by Gasteiger charge is -2.38. The Labute approximate surface area is 198 Å². The third kappa shape index (κ3) is 4.01. The number of carbonyl (C=O) groups excluding carboxylic acids is 1. The van der Waals surface area contributed by atoms with Gasteiger partial charge >= 0.3 is 0 Å². The average molecular weight is 463 g/mol. The molecule has 8 nitrogen and oxygen atoms in total. The van der Waals surface area contributed by atoms with Crippen molar-refractivity contribution in [1.29, 1.82) is 0 Å². The molecule has 3 aliphatic rings. The van der Waals surface area contributed by atoms with Gasteiger partial charge in [-0.05, 0) is 41.7 Å². The van der Waals surface area contributed by atoms with E-state index in [0.29, 0.717) is 44.9 Å². The second-order valence-corrected chi connectivity index (χ2v) is 9.86. The highest BCUT2D eigenvalue weighted by atomic mass is 16.5. The Morgan fingerprint density at radius 1 is 1.06 bits per heavy atom. The normalized spacial score (nSPS) is 21.4. The molecular weight excluding hydrogens is 432 g/mol. The van der Waals surface area contributed by atoms with Crippen LogP contribution < -0.4 is 0 Å². The van der Waals surface area contributed by atoms with Crippen molar-refractivity contribution in [1.82, 2.24) is 19.6 Å². The van der Waals surface area contributed by atoms with Gasteiger partial charge in [-0.2, -0.15) is 5.10 Å². The van der Waals surface area contributed by atoms with E-state index >= 15 is 0 Å². The Morgan fingerprint density at radius 3 is 2.41 bits per heavy atom. The number of fused-ring (bicyclic) bond motifs is 1. The van der Waals surface area contributed by atoms with E-state index in [1.165, 1.54) is 0 Å². The number of ether oxygens (including phenoxy) is 1. The lowest BCUT2D eigenvalue weighted by molar-refractivity contribution is -0.146. The maximum atomic E-state index is 12.3. The van der Waals surface area contributed by atoms with Crippen LogP contribution in [0.3, 0.4) is 0 Å². The molecule has 178 valence electrons. The highest BCUT2D eigenvalue weighted by molar-refractivity contribution is 5.88. The smallest absolute Gasteiger partial charge is 0.254 e. The predicted molar refractivity (Wildman–Crippen MR) is 127 cm³/mol. The van der Waals surface area contributed by atoms with Gasteiger partial charge in [0, 0.05) is 44.0 Å². The van der Waals surface area contributed by atoms with Crippen molar-refractivity contribution >= 4 is 16.8 Å². The number of benzene rings is 2. The summed E-state index contributed by atoms with van der Waals surface area (Å²) in [7, 11) is 0. The monoisotopic (exact) mass is 462 g/mol. The standard InChI is InChI=1S/C26H30N4O4/c31-24(28-9-11-29(12-10-28)25(32)26(33)7-8-26)20-3-1-19(2-4-20)21-5-6-23-22(13-21)14-27-30(23)15-18-16-34-17-18/h1-6,13-14,18,24,31,33H,7-12,15-17H2. The molecule has 3 fully saturated rings. The highest BCUT2D eigenvalue weighted by Crippen LogP contribution is 2.37. The highest BCUT2D eigenvalue weighted by Gasteiger charge is 2.50. The summed E-state index contributed by atoms with van der Waals surface area (Å²) in [4.78, 5) is 16.0. The van der Waals surface area contributed by atoms with Crippen molar-refractivity contribution in [2.24, 2.45) is 5.92 Å². The summed E-state index contributed by atoms with van der Waals surface area (Å²) in [6.07, 6.45) is 2.33. The van der Waals surface area contributed by atoms with Gasteiger partial charge in [0.05, 0.1) is 24.9 Å². The third-order valence-corrected chi connectivity index (χ3v) is 7.39. The first-order valence-corrected chi connectivity index (χ1v) is 12.1. The Balaban J connectivity index is 1.11. The lowest BCUT2D eigenvalue weighted by atomic mass is 10.0. The number of carbonyl (C=O) groups is 1. The number of aliphatic hydroxyl groups excluding tert-OH is 1. The predicted octanol–water partition coefficient (Wildman–Crippen LogP) is 2.01. The van der Waals surface area contributed by atoms with Crippen molar-refractivity contribution in [2.75, 3.05) is 39.4 Å². The van der Waals surface area contributed by atoms with E-state index in [9.17, 15) is 15.0 Å². The molecule has 0 spiro atoms. The summed E-state index contributed by atoms with van der Waals surface area (Å²) in [6, 6.07) is 14.4. The van der Waals surface area contributed by atoms with Crippen molar-refractivity contribution in [3.8, 4) is 11.1 Å². The zero-order valence-electron chi connectivity index (χ0n) is 19.1. The maximum Gasteiger partial charge on any atom is 0.254 e. The van der Waals surface area contributed by atoms with Gasteiger partial charge in [-0.25, -0.2) is 0 Å². The number of piperazine rings is 1. The minimum atomic E-state index is -1.12. The fourth-order valence-corrected chi connectivity index (χ4v) is 4.90. The molecule has 2 aliphatic heterocycles. The van der Waals surface area contributed by atoms with E-state index in [2.05, 4.69) is 28.0 Å². The minimum Gasteiger partial charge on any atom is -0.381 e. The summed E-state index contributed by atoms with van der Waals surface area (Å²) in [5.74, 6) is 0.389. The van der Waals surface area contributed by atoms with Crippen LogP contribution in [0.1, 0.15) is 24.6 Å². The first kappa shape index (κ1) is 21.7. The van der Waals surface area contributed by atoms with Crippen LogP contribution in [-0.4, -0.2) is 80.7 Å². The Bertz CT molecular complexity index is 1190. The topological polar surface area (TPSA) is 91.1 Å². The van der Waals surface area contributed by atoms with Crippen LogP contribution in [0, 0.1) is 5.92 Å². The van der Waals surface area contributed by atoms with Crippen LogP contribution >= 0.6 is 0 Å². The fraction of sp³-hybridized carbons (Fsp3) is 0.462. The number of hydrogen-bond donors (Lipinski definition) is 2. The first-order valence-electron chi connectivity index (χ1n) is 12.1. The molecule has 0 bridgehead atoms. The molecule has 3 heterocycles. The number of aromatic nitrogens is 2. The molecule has 2 saturated heterocycles. The van der Waals surface area contributed by atoms with Crippen LogP contribution in [0.5, 0.6) is 0 Å². The molecular formula is C26H30N4O4. The van der Waals surface area contributed by atoms with E-state index in [0.717, 1.165) is 47.4 Å². The van der Waals surface area contributed by atoms with Crippen molar-refractivity contribution in [2.45, 2.75) is 31.2 Å². The molecule has 1 aliphatic carbocycles. The van der Waals surface area contributed by atoms with Gasteiger partial charge in [0.15, 0.2) is 0 Å². The molecule has 1 saturated carbocycles. The number of nitrogens with zero attached hydrogens (tertiary/aromatic N) is 4. The zero-order chi connectivity index (χ0) is 23.3. The number of amides is 1. The Hall–Kier alpha value is -2.78. The molecule has 0 radical (unpaired) electrons. The van der Waals surface area contributed by atoms with E-state index in [1.807, 2.05) is 35.4 Å². The zero-order valence-corrected chi connectivity index (χ0v) is 19.1. The second kappa shape index (κ2) is 8.46. The largest absolute Gasteiger partial charge is 0.381 e. The summed E-state index contributed by atoms with van der Waals surface area (Å²) in [6.45, 7) is 4.73. The minimum absolute atomic E-state index is 0.162. The molecule has 1 unspecified atom stereocenters. The van der Waals surface area contributed by atoms with Gasteiger partial charge in [0.1, 0.15) is 11.8 Å². The van der Waals surface area contributed by atoms with Gasteiger partial charge < -0.3 is 19.8 Å². The third-order valence-electron chi connectivity index (χ3n) is 7.39. The second-order valence-electron chi connectivity index (χ2n) is 9.86. The van der Waals surface area contributed by atoms with Gasteiger partial charge in [0.2, 0.25) is 0 Å². The number of aliphatic hydroxyl groups is 2. The van der Waals surface area contributed by atoms with Gasteiger partial charge in [0.25, 0.3) is 5.91 Å². The molecule has 2 aromatic carbocycles. The van der Waals surface area contributed by atoms with Crippen molar-refractivity contribution in [3.05, 3.63) is 54.2 Å². The number of rotatable bonds is 6. The van der Waals surface area contributed by atoms with Crippen LogP contribution in [0.2, 0.25) is 0 Å².